The van der Waals surface area contributed by atoms with Crippen molar-refractivity contribution in [2.45, 2.75) is 45.3 Å². The minimum Gasteiger partial charge on any atom is -0.348 e. The molecule has 4 rings (SSSR count). The van der Waals surface area contributed by atoms with Crippen molar-refractivity contribution < 1.29 is 4.79 Å². The van der Waals surface area contributed by atoms with Gasteiger partial charge in [0, 0.05) is 25.2 Å². The summed E-state index contributed by atoms with van der Waals surface area (Å²) in [5.41, 5.74) is 4.57. The molecule has 2 saturated heterocycles. The first-order chi connectivity index (χ1) is 13.8. The van der Waals surface area contributed by atoms with Gasteiger partial charge in [-0.15, -0.1) is 0 Å². The lowest BCUT2D eigenvalue weighted by Gasteiger charge is -2.18. The molecule has 0 spiro atoms. The quantitative estimate of drug-likeness (QED) is 0.797. The second-order valence-electron chi connectivity index (χ2n) is 8.11. The third-order valence-electron chi connectivity index (χ3n) is 5.97. The van der Waals surface area contributed by atoms with Crippen molar-refractivity contribution in [1.29, 1.82) is 0 Å². The molecule has 28 heavy (non-hydrogen) atoms. The molecule has 1 amide bonds. The van der Waals surface area contributed by atoms with Gasteiger partial charge < -0.3 is 5.32 Å². The van der Waals surface area contributed by atoms with Crippen LogP contribution in [0.25, 0.3) is 0 Å². The Bertz CT molecular complexity index is 775. The normalized spacial score (nSPS) is 17.9. The summed E-state index contributed by atoms with van der Waals surface area (Å²) in [6.45, 7) is 7.31. The molecule has 0 radical (unpaired) electrons. The Balaban J connectivity index is 1.32. The molecule has 148 valence electrons. The highest BCUT2D eigenvalue weighted by atomic mass is 16.1. The third kappa shape index (κ3) is 5.00. The zero-order chi connectivity index (χ0) is 19.2. The molecule has 2 fully saturated rings. The van der Waals surface area contributed by atoms with Gasteiger partial charge in [0.2, 0.25) is 0 Å². The number of carbonyl (C=O) groups excluding carboxylic acids is 1. The standard InChI is InChI=1S/C24H31N3O/c28-24(21-11-9-20(10-12-21)18-26-13-3-4-14-26)25-17-22-7-1-2-8-23(22)19-27-15-5-6-16-27/h1-2,7-12H,3-6,13-19H2,(H,25,28). The van der Waals surface area contributed by atoms with Crippen molar-refractivity contribution in [2.24, 2.45) is 0 Å². The van der Waals surface area contributed by atoms with Crippen LogP contribution >= 0.6 is 0 Å². The molecule has 0 unspecified atom stereocenters. The fraction of sp³-hybridized carbons (Fsp3) is 0.458. The lowest BCUT2D eigenvalue weighted by molar-refractivity contribution is 0.0950. The number of hydrogen-bond acceptors (Lipinski definition) is 3. The summed E-state index contributed by atoms with van der Waals surface area (Å²) in [6.07, 6.45) is 5.21. The van der Waals surface area contributed by atoms with Crippen LogP contribution in [0.3, 0.4) is 0 Å². The lowest BCUT2D eigenvalue weighted by Crippen LogP contribution is -2.25. The van der Waals surface area contributed by atoms with Crippen LogP contribution in [0.15, 0.2) is 48.5 Å². The summed E-state index contributed by atoms with van der Waals surface area (Å²) in [6, 6.07) is 16.6. The molecule has 0 aromatic heterocycles. The number of hydrogen-bond donors (Lipinski definition) is 1. The zero-order valence-electron chi connectivity index (χ0n) is 16.7. The summed E-state index contributed by atoms with van der Waals surface area (Å²) in [4.78, 5) is 17.6. The molecule has 2 heterocycles. The first-order valence-electron chi connectivity index (χ1n) is 10.7. The summed E-state index contributed by atoms with van der Waals surface area (Å²) < 4.78 is 0. The van der Waals surface area contributed by atoms with Gasteiger partial charge in [-0.25, -0.2) is 0 Å². The number of nitrogens with one attached hydrogen (secondary N) is 1. The molecular weight excluding hydrogens is 346 g/mol. The number of amides is 1. The Labute approximate surface area is 168 Å². The van der Waals surface area contributed by atoms with Crippen LogP contribution in [-0.2, 0) is 19.6 Å². The van der Waals surface area contributed by atoms with Crippen molar-refractivity contribution in [2.75, 3.05) is 26.2 Å². The average Bonchev–Trinajstić information content (AvgIpc) is 3.42. The van der Waals surface area contributed by atoms with Crippen LogP contribution in [0.1, 0.15) is 52.7 Å². The van der Waals surface area contributed by atoms with Crippen LogP contribution in [-0.4, -0.2) is 41.9 Å². The van der Waals surface area contributed by atoms with E-state index in [1.165, 1.54) is 68.6 Å². The van der Waals surface area contributed by atoms with E-state index < -0.39 is 0 Å². The molecule has 4 heteroatoms. The maximum Gasteiger partial charge on any atom is 0.251 e. The minimum absolute atomic E-state index is 0.00342. The Morgan fingerprint density at radius 3 is 1.96 bits per heavy atom. The van der Waals surface area contributed by atoms with E-state index in [1.807, 2.05) is 12.1 Å². The highest BCUT2D eigenvalue weighted by Crippen LogP contribution is 2.17. The second kappa shape index (κ2) is 9.35. The number of nitrogens with zero attached hydrogens (tertiary/aromatic N) is 2. The van der Waals surface area contributed by atoms with Crippen molar-refractivity contribution in [3.05, 3.63) is 70.8 Å². The molecule has 2 aliphatic rings. The van der Waals surface area contributed by atoms with E-state index >= 15 is 0 Å². The number of carbonyl (C=O) groups is 1. The summed E-state index contributed by atoms with van der Waals surface area (Å²) in [5.74, 6) is 0.00342. The Hall–Kier alpha value is -2.17. The molecule has 1 N–H and O–H groups in total. The van der Waals surface area contributed by atoms with E-state index in [9.17, 15) is 4.79 Å². The molecule has 2 aromatic rings. The molecule has 2 aliphatic heterocycles. The van der Waals surface area contributed by atoms with Crippen LogP contribution in [0, 0.1) is 0 Å². The van der Waals surface area contributed by atoms with Crippen LogP contribution in [0.5, 0.6) is 0 Å². The summed E-state index contributed by atoms with van der Waals surface area (Å²) >= 11 is 0. The molecule has 0 saturated carbocycles. The number of rotatable bonds is 7. The maximum atomic E-state index is 12.6. The van der Waals surface area contributed by atoms with Crippen LogP contribution < -0.4 is 5.32 Å². The molecule has 0 atom stereocenters. The van der Waals surface area contributed by atoms with E-state index in [1.54, 1.807) is 0 Å². The van der Waals surface area contributed by atoms with Gasteiger partial charge in [-0.2, -0.15) is 0 Å². The Kier molecular flexibility index (Phi) is 6.40. The van der Waals surface area contributed by atoms with Crippen molar-refractivity contribution in [1.82, 2.24) is 15.1 Å². The van der Waals surface area contributed by atoms with Crippen molar-refractivity contribution in [3.63, 3.8) is 0 Å². The Morgan fingerprint density at radius 1 is 0.750 bits per heavy atom. The third-order valence-corrected chi connectivity index (χ3v) is 5.97. The van der Waals surface area contributed by atoms with E-state index in [0.29, 0.717) is 6.54 Å². The van der Waals surface area contributed by atoms with E-state index in [4.69, 9.17) is 0 Å². The van der Waals surface area contributed by atoms with Gasteiger partial charge in [0.15, 0.2) is 0 Å². The van der Waals surface area contributed by atoms with Crippen molar-refractivity contribution in [3.8, 4) is 0 Å². The van der Waals surface area contributed by atoms with Crippen LogP contribution in [0.4, 0.5) is 0 Å². The molecule has 2 aromatic carbocycles. The smallest absolute Gasteiger partial charge is 0.251 e. The van der Waals surface area contributed by atoms with Gasteiger partial charge in [-0.1, -0.05) is 36.4 Å². The molecular formula is C24H31N3O. The van der Waals surface area contributed by atoms with Gasteiger partial charge in [0.1, 0.15) is 0 Å². The van der Waals surface area contributed by atoms with Gasteiger partial charge in [0.05, 0.1) is 0 Å². The van der Waals surface area contributed by atoms with Gasteiger partial charge in [-0.05, 0) is 80.7 Å². The van der Waals surface area contributed by atoms with Gasteiger partial charge in [-0.3, -0.25) is 14.6 Å². The minimum atomic E-state index is 0.00342. The van der Waals surface area contributed by atoms with Crippen LogP contribution in [0.2, 0.25) is 0 Å². The first-order valence-corrected chi connectivity index (χ1v) is 10.7. The number of benzene rings is 2. The molecule has 0 bridgehead atoms. The molecule has 4 nitrogen and oxygen atoms in total. The van der Waals surface area contributed by atoms with E-state index in [0.717, 1.165) is 18.7 Å². The fourth-order valence-electron chi connectivity index (χ4n) is 4.30. The lowest BCUT2D eigenvalue weighted by atomic mass is 10.1. The van der Waals surface area contributed by atoms with E-state index in [-0.39, 0.29) is 5.91 Å². The summed E-state index contributed by atoms with van der Waals surface area (Å²) in [5, 5.41) is 3.11. The van der Waals surface area contributed by atoms with E-state index in [2.05, 4.69) is 51.5 Å². The second-order valence-corrected chi connectivity index (χ2v) is 8.11. The van der Waals surface area contributed by atoms with Gasteiger partial charge in [0.25, 0.3) is 5.91 Å². The largest absolute Gasteiger partial charge is 0.348 e. The SMILES string of the molecule is O=C(NCc1ccccc1CN1CCCC1)c1ccc(CN2CCCC2)cc1. The predicted octanol–water partition coefficient (Wildman–Crippen LogP) is 3.81. The molecule has 0 aliphatic carbocycles. The summed E-state index contributed by atoms with van der Waals surface area (Å²) in [7, 11) is 0. The number of likely N-dealkylation sites (tertiary alicyclic amines) is 2. The Morgan fingerprint density at radius 2 is 1.32 bits per heavy atom. The topological polar surface area (TPSA) is 35.6 Å². The maximum absolute atomic E-state index is 12.6. The van der Waals surface area contributed by atoms with Gasteiger partial charge >= 0.3 is 0 Å². The zero-order valence-corrected chi connectivity index (χ0v) is 16.7. The predicted molar refractivity (Wildman–Crippen MR) is 113 cm³/mol. The van der Waals surface area contributed by atoms with Crippen molar-refractivity contribution >= 4 is 5.91 Å². The average molecular weight is 378 g/mol. The highest BCUT2D eigenvalue weighted by molar-refractivity contribution is 5.94. The monoisotopic (exact) mass is 377 g/mol. The highest BCUT2D eigenvalue weighted by Gasteiger charge is 2.15. The first kappa shape index (κ1) is 19.2. The fourth-order valence-corrected chi connectivity index (χ4v) is 4.30.